The first kappa shape index (κ1) is 19.2. The van der Waals surface area contributed by atoms with Crippen LogP contribution in [0.2, 0.25) is 0 Å². The normalized spacial score (nSPS) is 12.6. The molecule has 0 spiro atoms. The van der Waals surface area contributed by atoms with Gasteiger partial charge in [0.2, 0.25) is 5.91 Å². The summed E-state index contributed by atoms with van der Waals surface area (Å²) in [5.41, 5.74) is 3.73. The fourth-order valence-corrected chi connectivity index (χ4v) is 3.52. The van der Waals surface area contributed by atoms with Crippen LogP contribution in [0.5, 0.6) is 0 Å². The number of imidazole rings is 1. The summed E-state index contributed by atoms with van der Waals surface area (Å²) < 4.78 is 0. The van der Waals surface area contributed by atoms with Crippen molar-refractivity contribution in [2.24, 2.45) is 0 Å². The summed E-state index contributed by atoms with van der Waals surface area (Å²) in [6.45, 7) is 7.85. The van der Waals surface area contributed by atoms with Crippen molar-refractivity contribution in [3.8, 4) is 22.5 Å². The van der Waals surface area contributed by atoms with Crippen molar-refractivity contribution in [2.75, 3.05) is 0 Å². The molecule has 0 aliphatic carbocycles. The van der Waals surface area contributed by atoms with Crippen LogP contribution in [0.3, 0.4) is 0 Å². The van der Waals surface area contributed by atoms with Crippen LogP contribution in [0.1, 0.15) is 27.7 Å². The van der Waals surface area contributed by atoms with E-state index in [-0.39, 0.29) is 16.7 Å². The Labute approximate surface area is 164 Å². The van der Waals surface area contributed by atoms with Gasteiger partial charge in [-0.1, -0.05) is 72.4 Å². The highest BCUT2D eigenvalue weighted by Gasteiger charge is 2.22. The van der Waals surface area contributed by atoms with Gasteiger partial charge in [-0.05, 0) is 27.7 Å². The Morgan fingerprint density at radius 2 is 1.56 bits per heavy atom. The van der Waals surface area contributed by atoms with Crippen LogP contribution in [-0.2, 0) is 4.79 Å². The van der Waals surface area contributed by atoms with Crippen LogP contribution in [0.25, 0.3) is 22.5 Å². The molecule has 1 aromatic heterocycles. The minimum Gasteiger partial charge on any atom is -0.351 e. The summed E-state index contributed by atoms with van der Waals surface area (Å²) in [6, 6.07) is 20.2. The third-order valence-corrected chi connectivity index (χ3v) is 4.93. The van der Waals surface area contributed by atoms with Crippen molar-refractivity contribution in [1.82, 2.24) is 15.3 Å². The van der Waals surface area contributed by atoms with Crippen molar-refractivity contribution in [1.29, 1.82) is 0 Å². The van der Waals surface area contributed by atoms with Crippen LogP contribution in [0.4, 0.5) is 0 Å². The molecule has 0 aliphatic heterocycles. The van der Waals surface area contributed by atoms with Gasteiger partial charge in [0.05, 0.1) is 16.6 Å². The lowest BCUT2D eigenvalue weighted by Gasteiger charge is -2.22. The maximum absolute atomic E-state index is 12.4. The Morgan fingerprint density at radius 1 is 1.00 bits per heavy atom. The van der Waals surface area contributed by atoms with Gasteiger partial charge in [0.25, 0.3) is 0 Å². The number of nitrogens with zero attached hydrogens (tertiary/aromatic N) is 1. The summed E-state index contributed by atoms with van der Waals surface area (Å²) in [5, 5.41) is 3.51. The molecule has 2 aromatic carbocycles. The van der Waals surface area contributed by atoms with E-state index in [1.165, 1.54) is 11.8 Å². The summed E-state index contributed by atoms with van der Waals surface area (Å²) in [5.74, 6) is 0.00595. The van der Waals surface area contributed by atoms with Crippen LogP contribution in [-0.4, -0.2) is 26.7 Å². The first-order valence-electron chi connectivity index (χ1n) is 9.03. The number of rotatable bonds is 5. The lowest BCUT2D eigenvalue weighted by Crippen LogP contribution is -2.44. The third kappa shape index (κ3) is 5.01. The van der Waals surface area contributed by atoms with Crippen LogP contribution in [0.15, 0.2) is 65.8 Å². The molecule has 5 heteroatoms. The Balaban J connectivity index is 1.91. The molecule has 0 bridgehead atoms. The Hall–Kier alpha value is -2.53. The fraction of sp³-hybridized carbons (Fsp3) is 0.273. The van der Waals surface area contributed by atoms with Crippen LogP contribution < -0.4 is 5.32 Å². The molecular weight excluding hydrogens is 354 g/mol. The van der Waals surface area contributed by atoms with E-state index in [1.54, 1.807) is 0 Å². The molecule has 0 saturated carbocycles. The molecule has 0 aliphatic rings. The number of nitrogens with one attached hydrogen (secondary N) is 2. The minimum atomic E-state index is -0.251. The number of hydrogen-bond donors (Lipinski definition) is 2. The Morgan fingerprint density at radius 3 is 2.11 bits per heavy atom. The number of benzene rings is 2. The molecule has 4 nitrogen and oxygen atoms in total. The lowest BCUT2D eigenvalue weighted by molar-refractivity contribution is -0.121. The van der Waals surface area contributed by atoms with E-state index in [1.807, 2.05) is 76.2 Å². The van der Waals surface area contributed by atoms with E-state index < -0.39 is 0 Å². The number of carbonyl (C=O) groups excluding carboxylic acids is 1. The van der Waals surface area contributed by atoms with Gasteiger partial charge < -0.3 is 10.3 Å². The van der Waals surface area contributed by atoms with Crippen molar-refractivity contribution in [3.05, 3.63) is 60.7 Å². The second kappa shape index (κ2) is 8.01. The molecule has 1 amide bonds. The van der Waals surface area contributed by atoms with Crippen molar-refractivity contribution in [2.45, 2.75) is 43.6 Å². The number of aromatic nitrogens is 2. The summed E-state index contributed by atoms with van der Waals surface area (Å²) in [7, 11) is 0. The van der Waals surface area contributed by atoms with Gasteiger partial charge in [0.15, 0.2) is 5.16 Å². The highest BCUT2D eigenvalue weighted by atomic mass is 32.2. The largest absolute Gasteiger partial charge is 0.351 e. The zero-order valence-electron chi connectivity index (χ0n) is 16.1. The highest BCUT2D eigenvalue weighted by molar-refractivity contribution is 8.00. The zero-order chi connectivity index (χ0) is 19.4. The predicted octanol–water partition coefficient (Wildman–Crippen LogP) is 5.14. The molecule has 2 N–H and O–H groups in total. The van der Waals surface area contributed by atoms with Gasteiger partial charge in [-0.25, -0.2) is 4.98 Å². The molecule has 3 rings (SSSR count). The van der Waals surface area contributed by atoms with E-state index in [0.717, 1.165) is 27.7 Å². The van der Waals surface area contributed by atoms with Gasteiger partial charge in [-0.15, -0.1) is 0 Å². The number of hydrogen-bond acceptors (Lipinski definition) is 3. The van der Waals surface area contributed by atoms with E-state index in [2.05, 4.69) is 22.4 Å². The van der Waals surface area contributed by atoms with Gasteiger partial charge in [0.1, 0.15) is 0 Å². The van der Waals surface area contributed by atoms with Gasteiger partial charge in [-0.2, -0.15) is 0 Å². The average Bonchev–Trinajstić information content (AvgIpc) is 3.05. The van der Waals surface area contributed by atoms with E-state index in [9.17, 15) is 4.79 Å². The monoisotopic (exact) mass is 379 g/mol. The molecule has 0 saturated heterocycles. The smallest absolute Gasteiger partial charge is 0.233 e. The first-order valence-corrected chi connectivity index (χ1v) is 9.91. The number of carbonyl (C=O) groups is 1. The SMILES string of the molecule is CC(Sc1nc(-c2ccccc2)c(-c2ccccc2)[nH]1)C(=O)NC(C)(C)C. The van der Waals surface area contributed by atoms with Crippen molar-refractivity contribution in [3.63, 3.8) is 0 Å². The number of H-pyrrole nitrogens is 1. The van der Waals surface area contributed by atoms with Gasteiger partial charge >= 0.3 is 0 Å². The lowest BCUT2D eigenvalue weighted by atomic mass is 10.1. The minimum absolute atomic E-state index is 0.00595. The average molecular weight is 380 g/mol. The maximum Gasteiger partial charge on any atom is 0.233 e. The predicted molar refractivity (Wildman–Crippen MR) is 113 cm³/mol. The quantitative estimate of drug-likeness (QED) is 0.604. The highest BCUT2D eigenvalue weighted by Crippen LogP contribution is 2.33. The molecule has 3 aromatic rings. The second-order valence-electron chi connectivity index (χ2n) is 7.50. The summed E-state index contributed by atoms with van der Waals surface area (Å²) >= 11 is 1.44. The van der Waals surface area contributed by atoms with Crippen molar-refractivity contribution >= 4 is 17.7 Å². The van der Waals surface area contributed by atoms with Crippen molar-refractivity contribution < 1.29 is 4.79 Å². The summed E-state index contributed by atoms with van der Waals surface area (Å²) in [4.78, 5) is 20.6. The topological polar surface area (TPSA) is 57.8 Å². The molecule has 140 valence electrons. The van der Waals surface area contributed by atoms with Crippen LogP contribution >= 0.6 is 11.8 Å². The van der Waals surface area contributed by atoms with Gasteiger partial charge in [0, 0.05) is 16.7 Å². The third-order valence-electron chi connectivity index (χ3n) is 3.95. The van der Waals surface area contributed by atoms with Crippen LogP contribution in [0, 0.1) is 0 Å². The van der Waals surface area contributed by atoms with E-state index >= 15 is 0 Å². The number of thioether (sulfide) groups is 1. The fourth-order valence-electron chi connectivity index (χ4n) is 2.72. The molecular formula is C22H25N3OS. The van der Waals surface area contributed by atoms with E-state index in [4.69, 9.17) is 4.98 Å². The zero-order valence-corrected chi connectivity index (χ0v) is 16.9. The van der Waals surface area contributed by atoms with Gasteiger partial charge in [-0.3, -0.25) is 4.79 Å². The second-order valence-corrected chi connectivity index (χ2v) is 8.83. The first-order chi connectivity index (χ1) is 12.8. The molecule has 27 heavy (non-hydrogen) atoms. The summed E-state index contributed by atoms with van der Waals surface area (Å²) in [6.07, 6.45) is 0. The molecule has 1 unspecified atom stereocenters. The number of amides is 1. The molecule has 0 fully saturated rings. The standard InChI is InChI=1S/C22H25N3OS/c1-15(20(26)25-22(2,3)4)27-21-23-18(16-11-7-5-8-12-16)19(24-21)17-13-9-6-10-14-17/h5-15H,1-4H3,(H,23,24)(H,25,26). The molecule has 1 heterocycles. The Kier molecular flexibility index (Phi) is 5.71. The molecule has 1 atom stereocenters. The molecule has 0 radical (unpaired) electrons. The maximum atomic E-state index is 12.4. The Bertz CT molecular complexity index is 841. The number of aromatic amines is 1. The van der Waals surface area contributed by atoms with E-state index in [0.29, 0.717) is 0 Å².